The van der Waals surface area contributed by atoms with Crippen LogP contribution in [0.25, 0.3) is 0 Å². The van der Waals surface area contributed by atoms with Gasteiger partial charge in [-0.3, -0.25) is 4.79 Å². The summed E-state index contributed by atoms with van der Waals surface area (Å²) in [4.78, 5) is 11.4. The number of carbonyl (C=O) groups excluding carboxylic acids is 1. The SMILES string of the molecule is COCCNC(=O)COc1c(C)cc(Br)cc1S(N)(=O)=O. The molecule has 0 aliphatic heterocycles. The van der Waals surface area contributed by atoms with Gasteiger partial charge in [-0.2, -0.15) is 0 Å². The largest absolute Gasteiger partial charge is 0.482 e. The lowest BCUT2D eigenvalue weighted by atomic mass is 10.2. The molecule has 21 heavy (non-hydrogen) atoms. The van der Waals surface area contributed by atoms with Crippen molar-refractivity contribution in [1.82, 2.24) is 5.32 Å². The van der Waals surface area contributed by atoms with Crippen LogP contribution in [0.2, 0.25) is 0 Å². The summed E-state index contributed by atoms with van der Waals surface area (Å²) in [6, 6.07) is 3.01. The highest BCUT2D eigenvalue weighted by Gasteiger charge is 2.19. The average molecular weight is 381 g/mol. The van der Waals surface area contributed by atoms with E-state index in [1.165, 1.54) is 13.2 Å². The van der Waals surface area contributed by atoms with Crippen LogP contribution in [0.3, 0.4) is 0 Å². The molecule has 7 nitrogen and oxygen atoms in total. The van der Waals surface area contributed by atoms with Gasteiger partial charge < -0.3 is 14.8 Å². The highest BCUT2D eigenvalue weighted by Crippen LogP contribution is 2.30. The van der Waals surface area contributed by atoms with Crippen LogP contribution in [-0.2, 0) is 19.6 Å². The molecule has 1 amide bonds. The third kappa shape index (κ3) is 5.62. The quantitative estimate of drug-likeness (QED) is 0.671. The minimum atomic E-state index is -3.95. The van der Waals surface area contributed by atoms with E-state index in [9.17, 15) is 13.2 Å². The molecule has 0 heterocycles. The van der Waals surface area contributed by atoms with E-state index >= 15 is 0 Å². The first-order valence-corrected chi connectivity index (χ1v) is 8.31. The molecule has 1 aromatic carbocycles. The number of aryl methyl sites for hydroxylation is 1. The van der Waals surface area contributed by atoms with Crippen LogP contribution in [0, 0.1) is 6.92 Å². The van der Waals surface area contributed by atoms with Gasteiger partial charge in [-0.15, -0.1) is 0 Å². The lowest BCUT2D eigenvalue weighted by Gasteiger charge is -2.13. The number of rotatable bonds is 7. The number of primary sulfonamides is 1. The normalized spacial score (nSPS) is 11.2. The Labute approximate surface area is 132 Å². The fraction of sp³-hybridized carbons (Fsp3) is 0.417. The zero-order valence-corrected chi connectivity index (χ0v) is 14.1. The second-order valence-electron chi connectivity index (χ2n) is 4.23. The van der Waals surface area contributed by atoms with Gasteiger partial charge in [0.1, 0.15) is 10.6 Å². The Hall–Kier alpha value is -1.16. The number of halogens is 1. The number of carbonyl (C=O) groups is 1. The molecule has 0 spiro atoms. The van der Waals surface area contributed by atoms with Crippen LogP contribution in [-0.4, -0.2) is 41.2 Å². The topological polar surface area (TPSA) is 108 Å². The molecule has 118 valence electrons. The molecule has 0 bridgehead atoms. The zero-order valence-electron chi connectivity index (χ0n) is 11.7. The number of methoxy groups -OCH3 is 1. The van der Waals surface area contributed by atoms with E-state index < -0.39 is 10.0 Å². The molecule has 0 aliphatic carbocycles. The van der Waals surface area contributed by atoms with E-state index in [1.807, 2.05) is 0 Å². The van der Waals surface area contributed by atoms with Crippen molar-refractivity contribution in [3.63, 3.8) is 0 Å². The van der Waals surface area contributed by atoms with Crippen LogP contribution < -0.4 is 15.2 Å². The minimum absolute atomic E-state index is 0.0718. The monoisotopic (exact) mass is 380 g/mol. The van der Waals surface area contributed by atoms with Gasteiger partial charge in [0.15, 0.2) is 6.61 Å². The van der Waals surface area contributed by atoms with Gasteiger partial charge >= 0.3 is 0 Å². The summed E-state index contributed by atoms with van der Waals surface area (Å²) in [6.45, 7) is 2.08. The van der Waals surface area contributed by atoms with Gasteiger partial charge in [0, 0.05) is 18.1 Å². The van der Waals surface area contributed by atoms with Crippen molar-refractivity contribution in [2.24, 2.45) is 5.14 Å². The number of nitrogens with two attached hydrogens (primary N) is 1. The first-order valence-electron chi connectivity index (χ1n) is 5.97. The third-order valence-electron chi connectivity index (χ3n) is 2.49. The van der Waals surface area contributed by atoms with Gasteiger partial charge in [0.05, 0.1) is 6.61 Å². The maximum Gasteiger partial charge on any atom is 0.258 e. The summed E-state index contributed by atoms with van der Waals surface area (Å²) in [5, 5.41) is 7.72. The van der Waals surface area contributed by atoms with Crippen LogP contribution in [0.15, 0.2) is 21.5 Å². The fourth-order valence-electron chi connectivity index (χ4n) is 1.58. The Kier molecular flexibility index (Phi) is 6.59. The Balaban J connectivity index is 2.86. The predicted octanol–water partition coefficient (Wildman–Crippen LogP) is 0.546. The molecule has 0 atom stereocenters. The van der Waals surface area contributed by atoms with Gasteiger partial charge in [0.25, 0.3) is 5.91 Å². The van der Waals surface area contributed by atoms with Crippen LogP contribution in [0.4, 0.5) is 0 Å². The van der Waals surface area contributed by atoms with E-state index in [1.54, 1.807) is 13.0 Å². The molecule has 0 saturated heterocycles. The van der Waals surface area contributed by atoms with Crippen molar-refractivity contribution in [3.8, 4) is 5.75 Å². The van der Waals surface area contributed by atoms with Crippen molar-refractivity contribution in [2.45, 2.75) is 11.8 Å². The van der Waals surface area contributed by atoms with E-state index in [-0.39, 0.29) is 23.2 Å². The molecule has 3 N–H and O–H groups in total. The summed E-state index contributed by atoms with van der Waals surface area (Å²) < 4.78 is 33.8. The first-order chi connectivity index (χ1) is 9.75. The number of benzene rings is 1. The highest BCUT2D eigenvalue weighted by molar-refractivity contribution is 9.10. The molecule has 0 saturated carbocycles. The molecular weight excluding hydrogens is 364 g/mol. The van der Waals surface area contributed by atoms with E-state index in [2.05, 4.69) is 21.2 Å². The lowest BCUT2D eigenvalue weighted by Crippen LogP contribution is -2.31. The Morgan fingerprint density at radius 3 is 2.67 bits per heavy atom. The van der Waals surface area contributed by atoms with Gasteiger partial charge in [-0.25, -0.2) is 13.6 Å². The van der Waals surface area contributed by atoms with Gasteiger partial charge in [-0.05, 0) is 24.6 Å². The summed E-state index contributed by atoms with van der Waals surface area (Å²) in [6.07, 6.45) is 0. The van der Waals surface area contributed by atoms with Crippen LogP contribution in [0.5, 0.6) is 5.75 Å². The van der Waals surface area contributed by atoms with Crippen molar-refractivity contribution < 1.29 is 22.7 Å². The second-order valence-corrected chi connectivity index (χ2v) is 6.67. The number of sulfonamides is 1. The zero-order chi connectivity index (χ0) is 16.0. The fourth-order valence-corrected chi connectivity index (χ4v) is 3.07. The average Bonchev–Trinajstić information content (AvgIpc) is 2.36. The Morgan fingerprint density at radius 2 is 2.10 bits per heavy atom. The lowest BCUT2D eigenvalue weighted by molar-refractivity contribution is -0.123. The van der Waals surface area contributed by atoms with Crippen LogP contribution in [0.1, 0.15) is 5.56 Å². The molecule has 0 fully saturated rings. The Morgan fingerprint density at radius 1 is 1.43 bits per heavy atom. The second kappa shape index (κ2) is 7.74. The van der Waals surface area contributed by atoms with Crippen LogP contribution >= 0.6 is 15.9 Å². The Bertz CT molecular complexity index is 618. The number of ether oxygens (including phenoxy) is 2. The third-order valence-corrected chi connectivity index (χ3v) is 3.86. The van der Waals surface area contributed by atoms with E-state index in [0.717, 1.165) is 0 Å². The van der Waals surface area contributed by atoms with E-state index in [0.29, 0.717) is 23.2 Å². The maximum absolute atomic E-state index is 11.6. The smallest absolute Gasteiger partial charge is 0.258 e. The van der Waals surface area contributed by atoms with Crippen molar-refractivity contribution in [3.05, 3.63) is 22.2 Å². The first kappa shape index (κ1) is 17.9. The summed E-state index contributed by atoms with van der Waals surface area (Å²) in [5.41, 5.74) is 0.554. The summed E-state index contributed by atoms with van der Waals surface area (Å²) >= 11 is 3.19. The summed E-state index contributed by atoms with van der Waals surface area (Å²) in [7, 11) is -2.43. The molecule has 1 rings (SSSR count). The molecule has 0 aromatic heterocycles. The number of amides is 1. The molecule has 9 heteroatoms. The molecule has 0 radical (unpaired) electrons. The highest BCUT2D eigenvalue weighted by atomic mass is 79.9. The van der Waals surface area contributed by atoms with Crippen molar-refractivity contribution >= 4 is 31.9 Å². The number of hydrogen-bond donors (Lipinski definition) is 2. The molecule has 0 aliphatic rings. The van der Waals surface area contributed by atoms with Crippen molar-refractivity contribution in [1.29, 1.82) is 0 Å². The standard InChI is InChI=1S/C12H17BrN2O5S/c1-8-5-9(13)6-10(21(14,17)18)12(8)20-7-11(16)15-3-4-19-2/h5-6H,3-4,7H2,1-2H3,(H,15,16)(H2,14,17,18). The molecule has 0 unspecified atom stereocenters. The van der Waals surface area contributed by atoms with Gasteiger partial charge in [-0.1, -0.05) is 15.9 Å². The van der Waals surface area contributed by atoms with Crippen molar-refractivity contribution in [2.75, 3.05) is 26.9 Å². The number of hydrogen-bond acceptors (Lipinski definition) is 5. The summed E-state index contributed by atoms with van der Waals surface area (Å²) in [5.74, 6) is -0.308. The minimum Gasteiger partial charge on any atom is -0.482 e. The number of nitrogens with one attached hydrogen (secondary N) is 1. The molecule has 1 aromatic rings. The molecular formula is C12H17BrN2O5S. The van der Waals surface area contributed by atoms with E-state index in [4.69, 9.17) is 14.6 Å². The van der Waals surface area contributed by atoms with Gasteiger partial charge in [0.2, 0.25) is 10.0 Å². The maximum atomic E-state index is 11.6. The predicted molar refractivity (Wildman–Crippen MR) is 80.6 cm³/mol.